The first-order valence-electron chi connectivity index (χ1n) is 6.76. The largest absolute Gasteiger partial charge is 0.480 e. The first-order valence-corrected chi connectivity index (χ1v) is 6.76. The van der Waals surface area contributed by atoms with Gasteiger partial charge in [0.15, 0.2) is 0 Å². The lowest BCUT2D eigenvalue weighted by Crippen LogP contribution is -2.59. The number of amides is 3. The third-order valence-corrected chi connectivity index (χ3v) is 3.79. The summed E-state index contributed by atoms with van der Waals surface area (Å²) in [6.07, 6.45) is 2.36. The van der Waals surface area contributed by atoms with E-state index in [9.17, 15) is 19.5 Å². The van der Waals surface area contributed by atoms with Crippen LogP contribution in [-0.4, -0.2) is 54.1 Å². The van der Waals surface area contributed by atoms with Gasteiger partial charge in [0.2, 0.25) is 5.91 Å². The third kappa shape index (κ3) is 4.11. The van der Waals surface area contributed by atoms with Crippen LogP contribution in [0.25, 0.3) is 0 Å². The molecule has 0 aromatic heterocycles. The van der Waals surface area contributed by atoms with Crippen LogP contribution in [0.2, 0.25) is 0 Å². The molecular formula is C13H23N3O4. The van der Waals surface area contributed by atoms with Crippen molar-refractivity contribution in [2.75, 3.05) is 20.6 Å². The molecular weight excluding hydrogens is 262 g/mol. The molecule has 0 aromatic carbocycles. The highest BCUT2D eigenvalue weighted by molar-refractivity contribution is 5.88. The van der Waals surface area contributed by atoms with Crippen LogP contribution < -0.4 is 10.6 Å². The van der Waals surface area contributed by atoms with E-state index in [1.807, 2.05) is 0 Å². The number of nitrogens with one attached hydrogen (secondary N) is 2. The molecule has 114 valence electrons. The maximum absolute atomic E-state index is 11.8. The predicted octanol–water partition coefficient (Wildman–Crippen LogP) is 0.407. The third-order valence-electron chi connectivity index (χ3n) is 3.79. The fourth-order valence-electron chi connectivity index (χ4n) is 2.22. The van der Waals surface area contributed by atoms with Gasteiger partial charge < -0.3 is 20.6 Å². The Kier molecular flexibility index (Phi) is 5.35. The number of rotatable bonds is 4. The zero-order chi connectivity index (χ0) is 15.3. The normalized spacial score (nSPS) is 25.6. The summed E-state index contributed by atoms with van der Waals surface area (Å²) in [5.41, 5.74) is -1.21. The predicted molar refractivity (Wildman–Crippen MR) is 73.2 cm³/mol. The van der Waals surface area contributed by atoms with Crippen LogP contribution in [0.5, 0.6) is 0 Å². The number of carboxylic acid groups (broad SMARTS) is 1. The number of hydrogen-bond acceptors (Lipinski definition) is 3. The van der Waals surface area contributed by atoms with Gasteiger partial charge in [0, 0.05) is 14.1 Å². The topological polar surface area (TPSA) is 98.7 Å². The SMILES string of the molecule is CC1CCC(NC(=O)NCC(=O)N(C)C)(C(=O)O)CC1. The van der Waals surface area contributed by atoms with E-state index in [-0.39, 0.29) is 12.5 Å². The molecule has 0 saturated heterocycles. The monoisotopic (exact) mass is 285 g/mol. The molecule has 7 heteroatoms. The van der Waals surface area contributed by atoms with E-state index in [2.05, 4.69) is 17.6 Å². The summed E-state index contributed by atoms with van der Waals surface area (Å²) in [7, 11) is 3.17. The molecule has 0 spiro atoms. The van der Waals surface area contributed by atoms with Crippen LogP contribution in [0.3, 0.4) is 0 Å². The highest BCUT2D eigenvalue weighted by atomic mass is 16.4. The van der Waals surface area contributed by atoms with Gasteiger partial charge >= 0.3 is 12.0 Å². The lowest BCUT2D eigenvalue weighted by molar-refractivity contribution is -0.146. The molecule has 0 radical (unpaired) electrons. The second-order valence-corrected chi connectivity index (χ2v) is 5.67. The van der Waals surface area contributed by atoms with Crippen LogP contribution in [0.15, 0.2) is 0 Å². The summed E-state index contributed by atoms with van der Waals surface area (Å²) < 4.78 is 0. The Morgan fingerprint density at radius 3 is 2.25 bits per heavy atom. The Hall–Kier alpha value is -1.79. The lowest BCUT2D eigenvalue weighted by Gasteiger charge is -2.36. The van der Waals surface area contributed by atoms with Gasteiger partial charge in [-0.1, -0.05) is 6.92 Å². The van der Waals surface area contributed by atoms with E-state index >= 15 is 0 Å². The van der Waals surface area contributed by atoms with Gasteiger partial charge in [0.25, 0.3) is 0 Å². The first kappa shape index (κ1) is 16.3. The maximum Gasteiger partial charge on any atom is 0.329 e. The van der Waals surface area contributed by atoms with Crippen molar-refractivity contribution in [2.45, 2.75) is 38.1 Å². The number of nitrogens with zero attached hydrogens (tertiary/aromatic N) is 1. The smallest absolute Gasteiger partial charge is 0.329 e. The molecule has 0 atom stereocenters. The van der Waals surface area contributed by atoms with Gasteiger partial charge in [0.1, 0.15) is 5.54 Å². The van der Waals surface area contributed by atoms with E-state index in [4.69, 9.17) is 0 Å². The number of carbonyl (C=O) groups excluding carboxylic acids is 2. The Balaban J connectivity index is 2.56. The van der Waals surface area contributed by atoms with E-state index in [1.165, 1.54) is 4.90 Å². The van der Waals surface area contributed by atoms with Crippen molar-refractivity contribution < 1.29 is 19.5 Å². The number of urea groups is 1. The highest BCUT2D eigenvalue weighted by Gasteiger charge is 2.42. The Morgan fingerprint density at radius 1 is 1.25 bits per heavy atom. The zero-order valence-electron chi connectivity index (χ0n) is 12.2. The van der Waals surface area contributed by atoms with Crippen LogP contribution in [0, 0.1) is 5.92 Å². The van der Waals surface area contributed by atoms with Gasteiger partial charge in [-0.05, 0) is 31.6 Å². The Bertz CT molecular complexity index is 387. The molecule has 0 bridgehead atoms. The van der Waals surface area contributed by atoms with Crippen LogP contribution in [-0.2, 0) is 9.59 Å². The average Bonchev–Trinajstić information content (AvgIpc) is 2.38. The summed E-state index contributed by atoms with van der Waals surface area (Å²) >= 11 is 0. The minimum absolute atomic E-state index is 0.148. The van der Waals surface area contributed by atoms with Crippen LogP contribution in [0.1, 0.15) is 32.6 Å². The van der Waals surface area contributed by atoms with Crippen LogP contribution >= 0.6 is 0 Å². The van der Waals surface area contributed by atoms with Crippen LogP contribution in [0.4, 0.5) is 4.79 Å². The molecule has 1 saturated carbocycles. The fraction of sp³-hybridized carbons (Fsp3) is 0.769. The van der Waals surface area contributed by atoms with Crippen molar-refractivity contribution in [2.24, 2.45) is 5.92 Å². The molecule has 7 nitrogen and oxygen atoms in total. The van der Waals surface area contributed by atoms with Crippen molar-refractivity contribution in [1.29, 1.82) is 0 Å². The molecule has 3 amide bonds. The number of hydrogen-bond donors (Lipinski definition) is 3. The molecule has 1 aliphatic carbocycles. The van der Waals surface area contributed by atoms with Crippen molar-refractivity contribution in [1.82, 2.24) is 15.5 Å². The molecule has 1 fully saturated rings. The van der Waals surface area contributed by atoms with Gasteiger partial charge in [-0.2, -0.15) is 0 Å². The highest BCUT2D eigenvalue weighted by Crippen LogP contribution is 2.32. The Labute approximate surface area is 118 Å². The second kappa shape index (κ2) is 6.58. The lowest BCUT2D eigenvalue weighted by atomic mass is 9.77. The maximum atomic E-state index is 11.8. The van der Waals surface area contributed by atoms with Gasteiger partial charge in [-0.25, -0.2) is 9.59 Å². The number of carboxylic acids is 1. The minimum Gasteiger partial charge on any atom is -0.480 e. The van der Waals surface area contributed by atoms with Crippen molar-refractivity contribution in [3.8, 4) is 0 Å². The van der Waals surface area contributed by atoms with Crippen molar-refractivity contribution >= 4 is 17.9 Å². The van der Waals surface area contributed by atoms with E-state index in [0.717, 1.165) is 12.8 Å². The van der Waals surface area contributed by atoms with Gasteiger partial charge in [-0.15, -0.1) is 0 Å². The summed E-state index contributed by atoms with van der Waals surface area (Å²) in [6, 6.07) is -0.614. The number of likely N-dealkylation sites (N-methyl/N-ethyl adjacent to an activating group) is 1. The van der Waals surface area contributed by atoms with E-state index in [0.29, 0.717) is 18.8 Å². The summed E-state index contributed by atoms with van der Waals surface area (Å²) in [6.45, 7) is 1.92. The van der Waals surface area contributed by atoms with E-state index in [1.54, 1.807) is 14.1 Å². The average molecular weight is 285 g/mol. The first-order chi connectivity index (χ1) is 9.27. The minimum atomic E-state index is -1.21. The van der Waals surface area contributed by atoms with Crippen molar-refractivity contribution in [3.63, 3.8) is 0 Å². The molecule has 3 N–H and O–H groups in total. The molecule has 0 aromatic rings. The molecule has 0 aliphatic heterocycles. The summed E-state index contributed by atoms with van der Waals surface area (Å²) in [5.74, 6) is -0.789. The molecule has 20 heavy (non-hydrogen) atoms. The second-order valence-electron chi connectivity index (χ2n) is 5.67. The number of carbonyl (C=O) groups is 3. The molecule has 1 aliphatic rings. The van der Waals surface area contributed by atoms with Crippen molar-refractivity contribution in [3.05, 3.63) is 0 Å². The zero-order valence-corrected chi connectivity index (χ0v) is 12.2. The van der Waals surface area contributed by atoms with E-state index < -0.39 is 17.5 Å². The summed E-state index contributed by atoms with van der Waals surface area (Å²) in [4.78, 5) is 35.9. The molecule has 0 heterocycles. The molecule has 0 unspecified atom stereocenters. The Morgan fingerprint density at radius 2 is 1.80 bits per heavy atom. The fourth-order valence-corrected chi connectivity index (χ4v) is 2.22. The summed E-state index contributed by atoms with van der Waals surface area (Å²) in [5, 5.41) is 14.3. The number of aliphatic carboxylic acids is 1. The quantitative estimate of drug-likeness (QED) is 0.696. The molecule has 1 rings (SSSR count). The van der Waals surface area contributed by atoms with Gasteiger partial charge in [0.05, 0.1) is 6.54 Å². The standard InChI is InChI=1S/C13H23N3O4/c1-9-4-6-13(7-5-9,11(18)19)15-12(20)14-8-10(17)16(2)3/h9H,4-8H2,1-3H3,(H,18,19)(H2,14,15,20). The van der Waals surface area contributed by atoms with Gasteiger partial charge in [-0.3, -0.25) is 4.79 Å².